The Morgan fingerprint density at radius 3 is 2.75 bits per heavy atom. The van der Waals surface area contributed by atoms with Gasteiger partial charge in [0, 0.05) is 7.11 Å². The molecular weight excluding hydrogens is 258 g/mol. The van der Waals surface area contributed by atoms with Crippen molar-refractivity contribution in [3.05, 3.63) is 47.4 Å². The summed E-state index contributed by atoms with van der Waals surface area (Å²) in [5, 5.41) is 0. The second-order valence-corrected chi connectivity index (χ2v) is 4.62. The Balaban J connectivity index is 1.83. The third-order valence-corrected chi connectivity index (χ3v) is 3.20. The number of ether oxygens (including phenoxy) is 3. The van der Waals surface area contributed by atoms with Crippen LogP contribution in [0.1, 0.15) is 23.1 Å². The van der Waals surface area contributed by atoms with Gasteiger partial charge in [0.1, 0.15) is 31.3 Å². The van der Waals surface area contributed by atoms with Crippen molar-refractivity contribution in [1.82, 2.24) is 0 Å². The van der Waals surface area contributed by atoms with Gasteiger partial charge in [0.15, 0.2) is 11.5 Å². The lowest BCUT2D eigenvalue weighted by atomic mass is 10.0. The fraction of sp³-hybridized carbons (Fsp3) is 0.333. The van der Waals surface area contributed by atoms with Crippen molar-refractivity contribution in [3.63, 3.8) is 0 Å². The Kier molecular flexibility index (Phi) is 3.62. The summed E-state index contributed by atoms with van der Waals surface area (Å²) in [6.45, 7) is 1.58. The molecule has 5 heteroatoms. The predicted octanol–water partition coefficient (Wildman–Crippen LogP) is 2.25. The van der Waals surface area contributed by atoms with Crippen molar-refractivity contribution >= 4 is 0 Å². The van der Waals surface area contributed by atoms with Crippen LogP contribution in [0.15, 0.2) is 34.7 Å². The van der Waals surface area contributed by atoms with Crippen LogP contribution < -0.4 is 15.2 Å². The van der Waals surface area contributed by atoms with Crippen LogP contribution in [0.4, 0.5) is 0 Å². The van der Waals surface area contributed by atoms with Gasteiger partial charge in [-0.2, -0.15) is 0 Å². The molecule has 2 N–H and O–H groups in total. The maximum atomic E-state index is 6.23. The van der Waals surface area contributed by atoms with Crippen molar-refractivity contribution < 1.29 is 18.6 Å². The van der Waals surface area contributed by atoms with Gasteiger partial charge in [-0.05, 0) is 29.8 Å². The van der Waals surface area contributed by atoms with Crippen LogP contribution in [-0.2, 0) is 11.3 Å². The van der Waals surface area contributed by atoms with Gasteiger partial charge in [0.05, 0.1) is 6.04 Å². The molecule has 2 aromatic rings. The highest BCUT2D eigenvalue weighted by Gasteiger charge is 2.18. The molecule has 0 amide bonds. The van der Waals surface area contributed by atoms with E-state index in [0.717, 1.165) is 22.8 Å². The van der Waals surface area contributed by atoms with E-state index in [2.05, 4.69) is 0 Å². The van der Waals surface area contributed by atoms with Gasteiger partial charge in [-0.1, -0.05) is 6.07 Å². The summed E-state index contributed by atoms with van der Waals surface area (Å²) >= 11 is 0. The number of benzene rings is 1. The van der Waals surface area contributed by atoms with E-state index in [-0.39, 0.29) is 6.04 Å². The molecule has 1 aromatic heterocycles. The summed E-state index contributed by atoms with van der Waals surface area (Å²) in [5.41, 5.74) is 7.15. The minimum absolute atomic E-state index is 0.337. The first-order valence-electron chi connectivity index (χ1n) is 6.50. The number of hydrogen-bond donors (Lipinski definition) is 1. The predicted molar refractivity (Wildman–Crippen MR) is 72.9 cm³/mol. The maximum absolute atomic E-state index is 6.23. The molecule has 5 nitrogen and oxygen atoms in total. The normalized spacial score (nSPS) is 15.1. The molecule has 20 heavy (non-hydrogen) atoms. The van der Waals surface area contributed by atoms with Gasteiger partial charge in [-0.15, -0.1) is 0 Å². The Hall–Kier alpha value is -1.98. The molecule has 1 aliphatic heterocycles. The van der Waals surface area contributed by atoms with Crippen molar-refractivity contribution in [2.75, 3.05) is 20.3 Å². The quantitative estimate of drug-likeness (QED) is 0.927. The van der Waals surface area contributed by atoms with E-state index in [0.29, 0.717) is 25.6 Å². The molecule has 3 rings (SSSR count). The van der Waals surface area contributed by atoms with Crippen LogP contribution in [0, 0.1) is 0 Å². The number of furan rings is 1. The number of hydrogen-bond acceptors (Lipinski definition) is 5. The van der Waals surface area contributed by atoms with Gasteiger partial charge in [-0.3, -0.25) is 0 Å². The first kappa shape index (κ1) is 13.0. The summed E-state index contributed by atoms with van der Waals surface area (Å²) < 4.78 is 21.7. The summed E-state index contributed by atoms with van der Waals surface area (Å²) in [6.07, 6.45) is 0. The van der Waals surface area contributed by atoms with E-state index < -0.39 is 0 Å². The SMILES string of the molecule is COCc1ccc(C(N)c2ccc3c(c2)OCCO3)o1. The fourth-order valence-electron chi connectivity index (χ4n) is 2.20. The van der Waals surface area contributed by atoms with Crippen molar-refractivity contribution in [2.45, 2.75) is 12.6 Å². The van der Waals surface area contributed by atoms with Gasteiger partial charge < -0.3 is 24.4 Å². The largest absolute Gasteiger partial charge is 0.486 e. The molecule has 1 aromatic carbocycles. The molecule has 0 bridgehead atoms. The average molecular weight is 275 g/mol. The monoisotopic (exact) mass is 275 g/mol. The fourth-order valence-corrected chi connectivity index (χ4v) is 2.20. The minimum atomic E-state index is -0.337. The molecule has 2 heterocycles. The van der Waals surface area contributed by atoms with Crippen LogP contribution >= 0.6 is 0 Å². The zero-order valence-corrected chi connectivity index (χ0v) is 11.3. The molecule has 1 aliphatic rings. The maximum Gasteiger partial charge on any atom is 0.161 e. The molecule has 0 fully saturated rings. The lowest BCUT2D eigenvalue weighted by Gasteiger charge is -2.20. The summed E-state index contributed by atoms with van der Waals surface area (Å²) in [4.78, 5) is 0. The second-order valence-electron chi connectivity index (χ2n) is 4.62. The zero-order valence-electron chi connectivity index (χ0n) is 11.3. The summed E-state index contributed by atoms with van der Waals surface area (Å²) in [7, 11) is 1.63. The number of fused-ring (bicyclic) bond motifs is 1. The highest BCUT2D eigenvalue weighted by Crippen LogP contribution is 2.33. The topological polar surface area (TPSA) is 66.9 Å². The van der Waals surface area contributed by atoms with Crippen molar-refractivity contribution in [2.24, 2.45) is 5.73 Å². The third-order valence-electron chi connectivity index (χ3n) is 3.20. The van der Waals surface area contributed by atoms with E-state index >= 15 is 0 Å². The Morgan fingerprint density at radius 1 is 1.15 bits per heavy atom. The smallest absolute Gasteiger partial charge is 0.161 e. The van der Waals surface area contributed by atoms with Crippen LogP contribution in [0.2, 0.25) is 0 Å². The lowest BCUT2D eigenvalue weighted by molar-refractivity contribution is 0.162. The molecular formula is C15H17NO4. The standard InChI is InChI=1S/C15H17NO4/c1-17-9-11-3-5-13(20-11)15(16)10-2-4-12-14(8-10)19-7-6-18-12/h2-5,8,15H,6-7,9,16H2,1H3. The van der Waals surface area contributed by atoms with Gasteiger partial charge >= 0.3 is 0 Å². The molecule has 106 valence electrons. The average Bonchev–Trinajstić information content (AvgIpc) is 2.95. The van der Waals surface area contributed by atoms with Gasteiger partial charge in [0.25, 0.3) is 0 Å². The molecule has 1 unspecified atom stereocenters. The highest BCUT2D eigenvalue weighted by molar-refractivity contribution is 5.45. The van der Waals surface area contributed by atoms with E-state index in [1.165, 1.54) is 0 Å². The molecule has 0 spiro atoms. The van der Waals surface area contributed by atoms with Crippen LogP contribution in [0.5, 0.6) is 11.5 Å². The Labute approximate surface area is 117 Å². The van der Waals surface area contributed by atoms with E-state index in [9.17, 15) is 0 Å². The van der Waals surface area contributed by atoms with Crippen LogP contribution in [-0.4, -0.2) is 20.3 Å². The van der Waals surface area contributed by atoms with Gasteiger partial charge in [-0.25, -0.2) is 0 Å². The number of rotatable bonds is 4. The van der Waals surface area contributed by atoms with Crippen molar-refractivity contribution in [1.29, 1.82) is 0 Å². The first-order chi connectivity index (χ1) is 9.78. The summed E-state index contributed by atoms with van der Waals surface area (Å²) in [5.74, 6) is 2.95. The molecule has 0 saturated heterocycles. The Morgan fingerprint density at radius 2 is 1.95 bits per heavy atom. The molecule has 0 saturated carbocycles. The third kappa shape index (κ3) is 2.50. The van der Waals surface area contributed by atoms with Crippen molar-refractivity contribution in [3.8, 4) is 11.5 Å². The molecule has 0 radical (unpaired) electrons. The highest BCUT2D eigenvalue weighted by atomic mass is 16.6. The molecule has 1 atom stereocenters. The number of nitrogens with two attached hydrogens (primary N) is 1. The number of methoxy groups -OCH3 is 1. The Bertz CT molecular complexity index is 593. The summed E-state index contributed by atoms with van der Waals surface area (Å²) in [6, 6.07) is 9.11. The minimum Gasteiger partial charge on any atom is -0.486 e. The lowest BCUT2D eigenvalue weighted by Crippen LogP contribution is -2.17. The van der Waals surface area contributed by atoms with Crippen LogP contribution in [0.25, 0.3) is 0 Å². The van der Waals surface area contributed by atoms with E-state index in [1.54, 1.807) is 7.11 Å². The van der Waals surface area contributed by atoms with Crippen LogP contribution in [0.3, 0.4) is 0 Å². The van der Waals surface area contributed by atoms with E-state index in [4.69, 9.17) is 24.4 Å². The van der Waals surface area contributed by atoms with E-state index in [1.807, 2.05) is 30.3 Å². The second kappa shape index (κ2) is 5.56. The van der Waals surface area contributed by atoms with Gasteiger partial charge in [0.2, 0.25) is 0 Å². The first-order valence-corrected chi connectivity index (χ1v) is 6.50. The zero-order chi connectivity index (χ0) is 13.9. The molecule has 0 aliphatic carbocycles.